The van der Waals surface area contributed by atoms with Crippen LogP contribution in [0.25, 0.3) is 0 Å². The molecule has 15 heteroatoms. The van der Waals surface area contributed by atoms with Crippen molar-refractivity contribution in [3.63, 3.8) is 0 Å². The second-order valence-corrected chi connectivity index (χ2v) is 15.0. The lowest BCUT2D eigenvalue weighted by molar-refractivity contribution is -0.132. The fourth-order valence-corrected chi connectivity index (χ4v) is 7.79. The number of ether oxygens (including phenoxy) is 3. The summed E-state index contributed by atoms with van der Waals surface area (Å²) in [5.41, 5.74) is 2.15. The number of amides is 3. The van der Waals surface area contributed by atoms with E-state index in [0.717, 1.165) is 51.0 Å². The summed E-state index contributed by atoms with van der Waals surface area (Å²) in [6.07, 6.45) is 2.96. The highest BCUT2D eigenvalue weighted by atomic mass is 35.5. The van der Waals surface area contributed by atoms with E-state index in [1.54, 1.807) is 31.3 Å². The molecule has 0 aliphatic carbocycles. The summed E-state index contributed by atoms with van der Waals surface area (Å²) < 4.78 is 45.1. The molecule has 288 valence electrons. The number of unbranched alkanes of at least 4 members (excludes halogenated alkanes) is 2. The third kappa shape index (κ3) is 10.5. The van der Waals surface area contributed by atoms with Crippen LogP contribution in [0.1, 0.15) is 52.0 Å². The number of morpholine rings is 1. The molecule has 13 nitrogen and oxygen atoms in total. The molecule has 5 rings (SSSR count). The van der Waals surface area contributed by atoms with Crippen LogP contribution in [0.3, 0.4) is 0 Å². The first kappa shape index (κ1) is 41.5. The molecule has 0 spiro atoms. The van der Waals surface area contributed by atoms with Gasteiger partial charge in [0.05, 0.1) is 48.8 Å². The standard InChI is InChI=1S/C38H49N5O8S.ClH/c1-28-13-16-32(34(26-28)51-23-9-5-6-12-36(44)42-19-17-40(2)18-20-42)41(3)38(46)29-14-15-31(33(27-29)49-4)39-37(45)30-10-7-8-11-35(30)52(47,48)43-21-24-50-25-22-43;/h7-8,10-11,13-16,26-27H,5-6,9,12,17-25H2,1-4H3,(H,39,45);1H. The number of hydrogen-bond donors (Lipinski definition) is 1. The predicted molar refractivity (Wildman–Crippen MR) is 206 cm³/mol. The Hall–Kier alpha value is -4.21. The summed E-state index contributed by atoms with van der Waals surface area (Å²) in [5, 5.41) is 2.76. The largest absolute Gasteiger partial charge is 0.495 e. The second kappa shape index (κ2) is 19.2. The van der Waals surface area contributed by atoms with Crippen LogP contribution in [0.15, 0.2) is 65.6 Å². The van der Waals surface area contributed by atoms with Crippen molar-refractivity contribution < 1.29 is 37.0 Å². The van der Waals surface area contributed by atoms with Gasteiger partial charge >= 0.3 is 0 Å². The zero-order valence-electron chi connectivity index (χ0n) is 30.8. The number of piperazine rings is 1. The van der Waals surface area contributed by atoms with Crippen molar-refractivity contribution in [3.05, 3.63) is 77.4 Å². The number of aryl methyl sites for hydroxylation is 1. The third-order valence-corrected chi connectivity index (χ3v) is 11.3. The Balaban J connectivity index is 0.00000627. The molecule has 2 saturated heterocycles. The number of rotatable bonds is 14. The molecule has 0 radical (unpaired) electrons. The maximum Gasteiger partial charge on any atom is 0.258 e. The summed E-state index contributed by atoms with van der Waals surface area (Å²) in [6.45, 7) is 6.76. The fraction of sp³-hybridized carbons (Fsp3) is 0.447. The van der Waals surface area contributed by atoms with Crippen molar-refractivity contribution in [3.8, 4) is 11.5 Å². The molecule has 0 unspecified atom stereocenters. The minimum Gasteiger partial charge on any atom is -0.495 e. The third-order valence-electron chi connectivity index (χ3n) is 9.35. The molecule has 1 N–H and O–H groups in total. The number of nitrogens with one attached hydrogen (secondary N) is 1. The van der Waals surface area contributed by atoms with Gasteiger partial charge in [0.25, 0.3) is 11.8 Å². The van der Waals surface area contributed by atoms with Crippen LogP contribution in [0, 0.1) is 6.92 Å². The highest BCUT2D eigenvalue weighted by molar-refractivity contribution is 7.89. The van der Waals surface area contributed by atoms with Gasteiger partial charge < -0.3 is 34.2 Å². The van der Waals surface area contributed by atoms with E-state index >= 15 is 0 Å². The molecule has 0 saturated carbocycles. The molecule has 3 aromatic carbocycles. The van der Waals surface area contributed by atoms with E-state index < -0.39 is 15.9 Å². The molecular formula is C38H50ClN5O8S. The molecule has 2 aliphatic rings. The Labute approximate surface area is 318 Å². The average Bonchev–Trinajstić information content (AvgIpc) is 3.16. The first-order valence-electron chi connectivity index (χ1n) is 17.6. The maximum absolute atomic E-state index is 13.7. The lowest BCUT2D eigenvalue weighted by Crippen LogP contribution is -2.47. The molecule has 3 amide bonds. The van der Waals surface area contributed by atoms with Crippen molar-refractivity contribution in [2.75, 3.05) is 90.5 Å². The monoisotopic (exact) mass is 771 g/mol. The highest BCUT2D eigenvalue weighted by Crippen LogP contribution is 2.32. The smallest absolute Gasteiger partial charge is 0.258 e. The number of hydrogen-bond acceptors (Lipinski definition) is 9. The van der Waals surface area contributed by atoms with Gasteiger partial charge in [0.2, 0.25) is 15.9 Å². The van der Waals surface area contributed by atoms with Crippen molar-refractivity contribution in [1.29, 1.82) is 0 Å². The van der Waals surface area contributed by atoms with Gasteiger partial charge in [0, 0.05) is 58.3 Å². The maximum atomic E-state index is 13.7. The molecule has 0 bridgehead atoms. The van der Waals surface area contributed by atoms with Crippen molar-refractivity contribution in [2.24, 2.45) is 0 Å². The Morgan fingerprint density at radius 2 is 1.60 bits per heavy atom. The van der Waals surface area contributed by atoms with E-state index in [0.29, 0.717) is 30.0 Å². The number of sulfonamides is 1. The molecule has 0 atom stereocenters. The van der Waals surface area contributed by atoms with Crippen LogP contribution in [0.4, 0.5) is 11.4 Å². The Morgan fingerprint density at radius 3 is 2.32 bits per heavy atom. The summed E-state index contributed by atoms with van der Waals surface area (Å²) in [4.78, 5) is 45.3. The van der Waals surface area contributed by atoms with E-state index in [9.17, 15) is 22.8 Å². The van der Waals surface area contributed by atoms with E-state index in [1.165, 1.54) is 34.5 Å². The zero-order valence-corrected chi connectivity index (χ0v) is 32.5. The van der Waals surface area contributed by atoms with Gasteiger partial charge in [-0.05, 0) is 81.3 Å². The first-order valence-corrected chi connectivity index (χ1v) is 19.1. The van der Waals surface area contributed by atoms with Gasteiger partial charge in [0.1, 0.15) is 11.5 Å². The van der Waals surface area contributed by atoms with Crippen LogP contribution in [-0.4, -0.2) is 121 Å². The first-order chi connectivity index (χ1) is 25.0. The zero-order chi connectivity index (χ0) is 37.3. The number of anilines is 2. The van der Waals surface area contributed by atoms with Crippen molar-refractivity contribution in [2.45, 2.75) is 37.5 Å². The minimum absolute atomic E-state index is 0. The van der Waals surface area contributed by atoms with Crippen molar-refractivity contribution in [1.82, 2.24) is 14.1 Å². The van der Waals surface area contributed by atoms with E-state index in [1.807, 2.05) is 30.0 Å². The van der Waals surface area contributed by atoms with Gasteiger partial charge in [-0.25, -0.2) is 8.42 Å². The Morgan fingerprint density at radius 1 is 0.887 bits per heavy atom. The number of benzene rings is 3. The molecule has 2 heterocycles. The van der Waals surface area contributed by atoms with E-state index in [-0.39, 0.29) is 72.4 Å². The lowest BCUT2D eigenvalue weighted by atomic mass is 10.1. The SMILES string of the molecule is COc1cc(C(=O)N(C)c2ccc(C)cc2OCCCCCC(=O)N2CCN(C)CC2)ccc1NC(=O)c1ccccc1S(=O)(=O)N1CCOCC1.Cl. The van der Waals surface area contributed by atoms with E-state index in [4.69, 9.17) is 14.2 Å². The number of methoxy groups -OCH3 is 1. The summed E-state index contributed by atoms with van der Waals surface area (Å²) >= 11 is 0. The second-order valence-electron chi connectivity index (χ2n) is 13.1. The topological polar surface area (TPSA) is 138 Å². The van der Waals surface area contributed by atoms with Crippen molar-refractivity contribution >= 4 is 51.5 Å². The number of nitrogens with zero attached hydrogens (tertiary/aromatic N) is 4. The summed E-state index contributed by atoms with van der Waals surface area (Å²) in [6, 6.07) is 16.3. The number of likely N-dealkylation sites (N-methyl/N-ethyl adjacent to an activating group) is 1. The van der Waals surface area contributed by atoms with Crippen LogP contribution in [0.5, 0.6) is 11.5 Å². The normalized spacial score (nSPS) is 15.3. The molecule has 2 aliphatic heterocycles. The van der Waals surface area contributed by atoms with Gasteiger partial charge in [-0.15, -0.1) is 12.4 Å². The lowest BCUT2D eigenvalue weighted by Gasteiger charge is -2.32. The molecule has 0 aromatic heterocycles. The number of carbonyl (C=O) groups is 3. The Bertz CT molecular complexity index is 1850. The average molecular weight is 772 g/mol. The van der Waals surface area contributed by atoms with Crippen LogP contribution >= 0.6 is 12.4 Å². The molecule has 53 heavy (non-hydrogen) atoms. The summed E-state index contributed by atoms with van der Waals surface area (Å²) in [7, 11) is 1.22. The Kier molecular flexibility index (Phi) is 15.1. The van der Waals surface area contributed by atoms with Gasteiger partial charge in [-0.3, -0.25) is 14.4 Å². The molecule has 2 fully saturated rings. The fourth-order valence-electron chi connectivity index (χ4n) is 6.19. The van der Waals surface area contributed by atoms with Gasteiger partial charge in [-0.1, -0.05) is 18.2 Å². The highest BCUT2D eigenvalue weighted by Gasteiger charge is 2.30. The van der Waals surface area contributed by atoms with Crippen LogP contribution < -0.4 is 19.7 Å². The molecular weight excluding hydrogens is 722 g/mol. The number of halogens is 1. The minimum atomic E-state index is -3.94. The summed E-state index contributed by atoms with van der Waals surface area (Å²) in [5.74, 6) is 0.0557. The quantitative estimate of drug-likeness (QED) is 0.232. The number of carbonyl (C=O) groups excluding carboxylic acids is 3. The van der Waals surface area contributed by atoms with Gasteiger partial charge in [0.15, 0.2) is 0 Å². The van der Waals surface area contributed by atoms with Crippen LogP contribution in [0.2, 0.25) is 0 Å². The van der Waals surface area contributed by atoms with Gasteiger partial charge in [-0.2, -0.15) is 4.31 Å². The predicted octanol–water partition coefficient (Wildman–Crippen LogP) is 4.69. The van der Waals surface area contributed by atoms with Crippen LogP contribution in [-0.2, 0) is 19.6 Å². The molecule has 3 aromatic rings. The van der Waals surface area contributed by atoms with E-state index in [2.05, 4.69) is 17.3 Å².